The van der Waals surface area contributed by atoms with Crippen molar-refractivity contribution >= 4 is 0 Å². The van der Waals surface area contributed by atoms with Crippen LogP contribution in [0.5, 0.6) is 0 Å². The SMILES string of the molecule is CC1CC(C(C)N(C)C)C1. The summed E-state index contributed by atoms with van der Waals surface area (Å²) in [6.45, 7) is 4.68. The van der Waals surface area contributed by atoms with Crippen LogP contribution in [0, 0.1) is 11.8 Å². The Labute approximate surface area is 64.4 Å². The molecule has 0 heterocycles. The van der Waals surface area contributed by atoms with E-state index in [4.69, 9.17) is 0 Å². The Balaban J connectivity index is 2.24. The van der Waals surface area contributed by atoms with E-state index in [0.29, 0.717) is 0 Å². The summed E-state index contributed by atoms with van der Waals surface area (Å²) in [4.78, 5) is 2.33. The molecule has 1 atom stereocenters. The summed E-state index contributed by atoms with van der Waals surface area (Å²) in [5, 5.41) is 0. The molecular formula is C9H19N. The Morgan fingerprint density at radius 3 is 2.10 bits per heavy atom. The molecule has 1 heteroatoms. The molecule has 1 fully saturated rings. The van der Waals surface area contributed by atoms with Crippen molar-refractivity contribution in [3.8, 4) is 0 Å². The molecule has 0 spiro atoms. The van der Waals surface area contributed by atoms with Crippen LogP contribution in [0.4, 0.5) is 0 Å². The normalized spacial score (nSPS) is 35.7. The Kier molecular flexibility index (Phi) is 2.35. The summed E-state index contributed by atoms with van der Waals surface area (Å²) in [6.07, 6.45) is 2.89. The Morgan fingerprint density at radius 2 is 1.80 bits per heavy atom. The lowest BCUT2D eigenvalue weighted by molar-refractivity contribution is 0.108. The van der Waals surface area contributed by atoms with Crippen molar-refractivity contribution in [2.75, 3.05) is 14.1 Å². The largest absolute Gasteiger partial charge is 0.306 e. The molecule has 1 saturated carbocycles. The zero-order chi connectivity index (χ0) is 7.72. The van der Waals surface area contributed by atoms with Gasteiger partial charge in [-0.3, -0.25) is 0 Å². The maximum atomic E-state index is 2.35. The molecule has 1 nitrogen and oxygen atoms in total. The molecule has 0 N–H and O–H groups in total. The maximum absolute atomic E-state index is 2.35. The highest BCUT2D eigenvalue weighted by molar-refractivity contribution is 4.83. The van der Waals surface area contributed by atoms with Gasteiger partial charge in [-0.2, -0.15) is 0 Å². The summed E-state index contributed by atoms with van der Waals surface area (Å²) in [6, 6.07) is 0.788. The topological polar surface area (TPSA) is 3.24 Å². The molecule has 0 aromatic carbocycles. The van der Waals surface area contributed by atoms with E-state index in [9.17, 15) is 0 Å². The highest BCUT2D eigenvalue weighted by Crippen LogP contribution is 2.36. The number of hydrogen-bond acceptors (Lipinski definition) is 1. The minimum absolute atomic E-state index is 0.788. The van der Waals surface area contributed by atoms with E-state index in [0.717, 1.165) is 17.9 Å². The third kappa shape index (κ3) is 1.51. The standard InChI is InChI=1S/C9H19N/c1-7-5-9(6-7)8(2)10(3)4/h7-9H,5-6H2,1-4H3. The molecule has 0 saturated heterocycles. The van der Waals surface area contributed by atoms with Gasteiger partial charge < -0.3 is 4.90 Å². The van der Waals surface area contributed by atoms with Crippen LogP contribution in [0.25, 0.3) is 0 Å². The van der Waals surface area contributed by atoms with Gasteiger partial charge in [0.25, 0.3) is 0 Å². The smallest absolute Gasteiger partial charge is 0.00893 e. The van der Waals surface area contributed by atoms with Crippen molar-refractivity contribution in [1.82, 2.24) is 4.90 Å². The van der Waals surface area contributed by atoms with Crippen LogP contribution < -0.4 is 0 Å². The highest BCUT2D eigenvalue weighted by atomic mass is 15.1. The van der Waals surface area contributed by atoms with Crippen molar-refractivity contribution in [3.05, 3.63) is 0 Å². The van der Waals surface area contributed by atoms with E-state index < -0.39 is 0 Å². The van der Waals surface area contributed by atoms with E-state index in [1.165, 1.54) is 12.8 Å². The molecule has 60 valence electrons. The first-order chi connectivity index (χ1) is 4.61. The third-order valence-electron chi connectivity index (χ3n) is 2.91. The van der Waals surface area contributed by atoms with Gasteiger partial charge in [0.05, 0.1) is 0 Å². The van der Waals surface area contributed by atoms with Gasteiger partial charge in [0.2, 0.25) is 0 Å². The van der Waals surface area contributed by atoms with Crippen molar-refractivity contribution in [2.24, 2.45) is 11.8 Å². The zero-order valence-electron chi connectivity index (χ0n) is 7.59. The molecule has 1 unspecified atom stereocenters. The predicted octanol–water partition coefficient (Wildman–Crippen LogP) is 1.98. The van der Waals surface area contributed by atoms with Crippen LogP contribution in [0.2, 0.25) is 0 Å². The molecule has 0 amide bonds. The molecule has 0 aromatic rings. The molecule has 0 bridgehead atoms. The highest BCUT2D eigenvalue weighted by Gasteiger charge is 2.30. The number of hydrogen-bond donors (Lipinski definition) is 0. The van der Waals surface area contributed by atoms with Gasteiger partial charge >= 0.3 is 0 Å². The van der Waals surface area contributed by atoms with Gasteiger partial charge in [-0.25, -0.2) is 0 Å². The third-order valence-corrected chi connectivity index (χ3v) is 2.91. The minimum atomic E-state index is 0.788. The van der Waals surface area contributed by atoms with Gasteiger partial charge in [-0.15, -0.1) is 0 Å². The minimum Gasteiger partial charge on any atom is -0.306 e. The lowest BCUT2D eigenvalue weighted by Crippen LogP contribution is -2.39. The average molecular weight is 141 g/mol. The van der Waals surface area contributed by atoms with Gasteiger partial charge in [0.15, 0.2) is 0 Å². The number of nitrogens with zero attached hydrogens (tertiary/aromatic N) is 1. The fourth-order valence-corrected chi connectivity index (χ4v) is 1.78. The van der Waals surface area contributed by atoms with Gasteiger partial charge in [-0.1, -0.05) is 6.92 Å². The van der Waals surface area contributed by atoms with E-state index in [2.05, 4.69) is 32.8 Å². The molecule has 1 aliphatic carbocycles. The second kappa shape index (κ2) is 2.91. The van der Waals surface area contributed by atoms with E-state index >= 15 is 0 Å². The van der Waals surface area contributed by atoms with Crippen molar-refractivity contribution in [2.45, 2.75) is 32.7 Å². The van der Waals surface area contributed by atoms with Crippen LogP contribution in [0.1, 0.15) is 26.7 Å². The first-order valence-electron chi connectivity index (χ1n) is 4.27. The summed E-state index contributed by atoms with van der Waals surface area (Å²) < 4.78 is 0. The second-order valence-electron chi connectivity index (χ2n) is 4.04. The first-order valence-corrected chi connectivity index (χ1v) is 4.27. The first kappa shape index (κ1) is 8.06. The van der Waals surface area contributed by atoms with Crippen molar-refractivity contribution < 1.29 is 0 Å². The van der Waals surface area contributed by atoms with E-state index in [1.807, 2.05) is 0 Å². The fourth-order valence-electron chi connectivity index (χ4n) is 1.78. The molecular weight excluding hydrogens is 122 g/mol. The monoisotopic (exact) mass is 141 g/mol. The average Bonchev–Trinajstić information content (AvgIpc) is 1.79. The van der Waals surface area contributed by atoms with Crippen LogP contribution in [-0.2, 0) is 0 Å². The molecule has 0 aromatic heterocycles. The molecule has 10 heavy (non-hydrogen) atoms. The van der Waals surface area contributed by atoms with Gasteiger partial charge in [0.1, 0.15) is 0 Å². The summed E-state index contributed by atoms with van der Waals surface area (Å²) in [7, 11) is 4.35. The Bertz CT molecular complexity index is 103. The molecule has 1 rings (SSSR count). The van der Waals surface area contributed by atoms with Crippen LogP contribution in [0.15, 0.2) is 0 Å². The Hall–Kier alpha value is -0.0400. The molecule has 0 aliphatic heterocycles. The fraction of sp³-hybridized carbons (Fsp3) is 1.00. The number of rotatable bonds is 2. The lowest BCUT2D eigenvalue weighted by atomic mass is 9.72. The Morgan fingerprint density at radius 1 is 1.30 bits per heavy atom. The van der Waals surface area contributed by atoms with Crippen LogP contribution >= 0.6 is 0 Å². The lowest BCUT2D eigenvalue weighted by Gasteiger charge is -2.40. The van der Waals surface area contributed by atoms with Gasteiger partial charge in [0, 0.05) is 6.04 Å². The molecule has 1 aliphatic rings. The van der Waals surface area contributed by atoms with Crippen LogP contribution in [0.3, 0.4) is 0 Å². The predicted molar refractivity (Wildman–Crippen MR) is 45.0 cm³/mol. The summed E-state index contributed by atoms with van der Waals surface area (Å²) in [5.74, 6) is 1.97. The van der Waals surface area contributed by atoms with E-state index in [1.54, 1.807) is 0 Å². The van der Waals surface area contributed by atoms with Crippen LogP contribution in [-0.4, -0.2) is 25.0 Å². The summed E-state index contributed by atoms with van der Waals surface area (Å²) >= 11 is 0. The van der Waals surface area contributed by atoms with E-state index in [-0.39, 0.29) is 0 Å². The van der Waals surface area contributed by atoms with Crippen molar-refractivity contribution in [3.63, 3.8) is 0 Å². The maximum Gasteiger partial charge on any atom is 0.00893 e. The second-order valence-corrected chi connectivity index (χ2v) is 4.04. The van der Waals surface area contributed by atoms with Crippen molar-refractivity contribution in [1.29, 1.82) is 0 Å². The summed E-state index contributed by atoms with van der Waals surface area (Å²) in [5.41, 5.74) is 0. The van der Waals surface area contributed by atoms with Gasteiger partial charge in [-0.05, 0) is 45.7 Å². The quantitative estimate of drug-likeness (QED) is 0.568. The zero-order valence-corrected chi connectivity index (χ0v) is 7.59. The molecule has 0 radical (unpaired) electrons.